The third-order valence-corrected chi connectivity index (χ3v) is 1.46. The molecule has 1 aromatic rings. The SMILES string of the molecule is C=C(N)c1ccc(OC)cc1. The molecule has 1 aromatic carbocycles. The van der Waals surface area contributed by atoms with Gasteiger partial charge in [0.15, 0.2) is 0 Å². The van der Waals surface area contributed by atoms with Crippen LogP contribution in [0.1, 0.15) is 5.56 Å². The molecule has 0 unspecified atom stereocenters. The Balaban J connectivity index is 2.91. The summed E-state index contributed by atoms with van der Waals surface area (Å²) in [6.45, 7) is 3.62. The lowest BCUT2D eigenvalue weighted by Gasteiger charge is -2.01. The average Bonchev–Trinajstić information content (AvgIpc) is 2.05. The third-order valence-electron chi connectivity index (χ3n) is 1.46. The summed E-state index contributed by atoms with van der Waals surface area (Å²) < 4.78 is 4.98. The van der Waals surface area contributed by atoms with Crippen molar-refractivity contribution in [2.75, 3.05) is 7.11 Å². The predicted molar refractivity (Wildman–Crippen MR) is 46.2 cm³/mol. The van der Waals surface area contributed by atoms with E-state index in [0.29, 0.717) is 5.70 Å². The second-order valence-electron chi connectivity index (χ2n) is 2.25. The van der Waals surface area contributed by atoms with Crippen LogP contribution in [0.2, 0.25) is 0 Å². The summed E-state index contributed by atoms with van der Waals surface area (Å²) in [5.74, 6) is 0.829. The lowest BCUT2D eigenvalue weighted by Crippen LogP contribution is -1.93. The molecule has 1 rings (SSSR count). The van der Waals surface area contributed by atoms with Gasteiger partial charge in [0, 0.05) is 5.70 Å². The molecule has 0 radical (unpaired) electrons. The van der Waals surface area contributed by atoms with E-state index in [2.05, 4.69) is 6.58 Å². The van der Waals surface area contributed by atoms with Gasteiger partial charge in [0.25, 0.3) is 0 Å². The molecule has 0 aromatic heterocycles. The molecule has 0 spiro atoms. The summed E-state index contributed by atoms with van der Waals surface area (Å²) in [7, 11) is 1.63. The Bertz CT molecular complexity index is 251. The fourth-order valence-electron chi connectivity index (χ4n) is 0.805. The Morgan fingerprint density at radius 1 is 1.36 bits per heavy atom. The number of nitrogens with two attached hydrogens (primary N) is 1. The molecule has 0 aliphatic rings. The molecule has 58 valence electrons. The summed E-state index contributed by atoms with van der Waals surface area (Å²) in [4.78, 5) is 0. The maximum atomic E-state index is 5.47. The van der Waals surface area contributed by atoms with Crippen LogP contribution in [0.5, 0.6) is 5.75 Å². The van der Waals surface area contributed by atoms with Crippen molar-refractivity contribution in [3.63, 3.8) is 0 Å². The van der Waals surface area contributed by atoms with Crippen molar-refractivity contribution in [1.82, 2.24) is 0 Å². The Labute approximate surface area is 66.3 Å². The molecule has 0 heterocycles. The number of methoxy groups -OCH3 is 1. The first-order valence-electron chi connectivity index (χ1n) is 3.33. The van der Waals surface area contributed by atoms with Crippen LogP contribution in [0.3, 0.4) is 0 Å². The van der Waals surface area contributed by atoms with Crippen molar-refractivity contribution < 1.29 is 4.74 Å². The minimum Gasteiger partial charge on any atom is -0.497 e. The van der Waals surface area contributed by atoms with Gasteiger partial charge in [-0.15, -0.1) is 0 Å². The highest BCUT2D eigenvalue weighted by molar-refractivity contribution is 5.60. The number of rotatable bonds is 2. The lowest BCUT2D eigenvalue weighted by molar-refractivity contribution is 0.415. The summed E-state index contributed by atoms with van der Waals surface area (Å²) in [5.41, 5.74) is 6.98. The molecule has 0 saturated carbocycles. The Hall–Kier alpha value is -1.44. The maximum absolute atomic E-state index is 5.47. The number of hydrogen-bond donors (Lipinski definition) is 1. The Morgan fingerprint density at radius 2 is 1.91 bits per heavy atom. The molecule has 0 aliphatic carbocycles. The zero-order chi connectivity index (χ0) is 8.27. The van der Waals surface area contributed by atoms with Crippen LogP contribution in [0.25, 0.3) is 5.70 Å². The summed E-state index contributed by atoms with van der Waals surface area (Å²) in [6.07, 6.45) is 0. The van der Waals surface area contributed by atoms with Crippen LogP contribution >= 0.6 is 0 Å². The molecule has 11 heavy (non-hydrogen) atoms. The molecule has 0 amide bonds. The zero-order valence-electron chi connectivity index (χ0n) is 6.50. The van der Waals surface area contributed by atoms with Crippen molar-refractivity contribution in [2.24, 2.45) is 5.73 Å². The van der Waals surface area contributed by atoms with E-state index in [1.54, 1.807) is 7.11 Å². The summed E-state index contributed by atoms with van der Waals surface area (Å²) in [6, 6.07) is 7.46. The first-order valence-corrected chi connectivity index (χ1v) is 3.33. The van der Waals surface area contributed by atoms with E-state index >= 15 is 0 Å². The van der Waals surface area contributed by atoms with Crippen LogP contribution in [-0.4, -0.2) is 7.11 Å². The second-order valence-corrected chi connectivity index (χ2v) is 2.25. The van der Waals surface area contributed by atoms with Crippen LogP contribution in [0, 0.1) is 0 Å². The van der Waals surface area contributed by atoms with Gasteiger partial charge in [-0.25, -0.2) is 0 Å². The molecule has 2 heteroatoms. The first-order chi connectivity index (χ1) is 5.24. The maximum Gasteiger partial charge on any atom is 0.118 e. The fraction of sp³-hybridized carbons (Fsp3) is 0.111. The molecule has 0 saturated heterocycles. The summed E-state index contributed by atoms with van der Waals surface area (Å²) >= 11 is 0. The molecular formula is C9H11NO. The highest BCUT2D eigenvalue weighted by Gasteiger charge is 1.93. The second kappa shape index (κ2) is 3.10. The van der Waals surface area contributed by atoms with Gasteiger partial charge in [0.2, 0.25) is 0 Å². The van der Waals surface area contributed by atoms with Crippen LogP contribution in [0.15, 0.2) is 30.8 Å². The van der Waals surface area contributed by atoms with Crippen molar-refractivity contribution >= 4 is 5.70 Å². The smallest absolute Gasteiger partial charge is 0.118 e. The van der Waals surface area contributed by atoms with E-state index in [0.717, 1.165) is 11.3 Å². The number of benzene rings is 1. The monoisotopic (exact) mass is 149 g/mol. The Kier molecular flexibility index (Phi) is 2.16. The first kappa shape index (κ1) is 7.66. The van der Waals surface area contributed by atoms with E-state index < -0.39 is 0 Å². The highest BCUT2D eigenvalue weighted by Crippen LogP contribution is 2.13. The molecule has 0 atom stereocenters. The van der Waals surface area contributed by atoms with E-state index in [-0.39, 0.29) is 0 Å². The van der Waals surface area contributed by atoms with Gasteiger partial charge in [0.1, 0.15) is 5.75 Å². The third kappa shape index (κ3) is 1.74. The van der Waals surface area contributed by atoms with Crippen LogP contribution < -0.4 is 10.5 Å². The molecule has 0 bridgehead atoms. The molecular weight excluding hydrogens is 138 g/mol. The standard InChI is InChI=1S/C9H11NO/c1-7(10)8-3-5-9(11-2)6-4-8/h3-6H,1,10H2,2H3. The molecule has 0 fully saturated rings. The van der Waals surface area contributed by atoms with Gasteiger partial charge in [-0.05, 0) is 29.8 Å². The zero-order valence-corrected chi connectivity index (χ0v) is 6.50. The molecule has 2 nitrogen and oxygen atoms in total. The van der Waals surface area contributed by atoms with Gasteiger partial charge in [0.05, 0.1) is 7.11 Å². The lowest BCUT2D eigenvalue weighted by atomic mass is 10.2. The normalized spacial score (nSPS) is 9.18. The highest BCUT2D eigenvalue weighted by atomic mass is 16.5. The quantitative estimate of drug-likeness (QED) is 0.693. The van der Waals surface area contributed by atoms with E-state index in [9.17, 15) is 0 Å². The van der Waals surface area contributed by atoms with Crippen molar-refractivity contribution in [1.29, 1.82) is 0 Å². The average molecular weight is 149 g/mol. The molecule has 0 aliphatic heterocycles. The van der Waals surface area contributed by atoms with E-state index in [1.807, 2.05) is 24.3 Å². The van der Waals surface area contributed by atoms with Gasteiger partial charge >= 0.3 is 0 Å². The summed E-state index contributed by atoms with van der Waals surface area (Å²) in [5, 5.41) is 0. The Morgan fingerprint density at radius 3 is 2.27 bits per heavy atom. The van der Waals surface area contributed by atoms with Gasteiger partial charge in [-0.1, -0.05) is 6.58 Å². The largest absolute Gasteiger partial charge is 0.497 e. The molecule has 2 N–H and O–H groups in total. The van der Waals surface area contributed by atoms with Crippen molar-refractivity contribution in [3.8, 4) is 5.75 Å². The van der Waals surface area contributed by atoms with Crippen LogP contribution in [-0.2, 0) is 0 Å². The number of ether oxygens (including phenoxy) is 1. The van der Waals surface area contributed by atoms with Gasteiger partial charge in [-0.2, -0.15) is 0 Å². The van der Waals surface area contributed by atoms with Crippen LogP contribution in [0.4, 0.5) is 0 Å². The van der Waals surface area contributed by atoms with Gasteiger partial charge in [-0.3, -0.25) is 0 Å². The van der Waals surface area contributed by atoms with E-state index in [1.165, 1.54) is 0 Å². The topological polar surface area (TPSA) is 35.2 Å². The minimum absolute atomic E-state index is 0.577. The fourth-order valence-corrected chi connectivity index (χ4v) is 0.805. The van der Waals surface area contributed by atoms with Crippen molar-refractivity contribution in [2.45, 2.75) is 0 Å². The van der Waals surface area contributed by atoms with E-state index in [4.69, 9.17) is 10.5 Å². The van der Waals surface area contributed by atoms with Gasteiger partial charge < -0.3 is 10.5 Å². The van der Waals surface area contributed by atoms with Crippen molar-refractivity contribution in [3.05, 3.63) is 36.4 Å². The minimum atomic E-state index is 0.577. The predicted octanol–water partition coefficient (Wildman–Crippen LogP) is 1.62. The number of hydrogen-bond acceptors (Lipinski definition) is 2.